The largest absolute Gasteiger partial charge is 0.480 e. The molecule has 10 heteroatoms. The Labute approximate surface area is 218 Å². The molecule has 0 radical (unpaired) electrons. The molecule has 0 bridgehead atoms. The molecule has 10 nitrogen and oxygen atoms in total. The van der Waals surface area contributed by atoms with E-state index in [1.807, 2.05) is 0 Å². The van der Waals surface area contributed by atoms with Gasteiger partial charge in [0.05, 0.1) is 12.0 Å². The van der Waals surface area contributed by atoms with Crippen molar-refractivity contribution in [3.05, 3.63) is 23.4 Å². The Bertz CT molecular complexity index is 982. The number of carboxylic acid groups (broad SMARTS) is 1. The minimum atomic E-state index is -1.08. The molecule has 1 aliphatic carbocycles. The number of aryl methyl sites for hydroxylation is 2. The maximum absolute atomic E-state index is 12.5. The lowest BCUT2D eigenvalue weighted by Crippen LogP contribution is -2.58. The first-order valence-electron chi connectivity index (χ1n) is 13.4. The van der Waals surface area contributed by atoms with Crippen LogP contribution < -0.4 is 10.6 Å². The van der Waals surface area contributed by atoms with Crippen LogP contribution in [-0.2, 0) is 31.9 Å². The van der Waals surface area contributed by atoms with E-state index in [9.17, 15) is 19.5 Å². The summed E-state index contributed by atoms with van der Waals surface area (Å²) in [5.74, 6) is -0.239. The highest BCUT2D eigenvalue weighted by atomic mass is 16.6. The number of fused-ring (bicyclic) bond motifs is 1. The van der Waals surface area contributed by atoms with E-state index in [1.165, 1.54) is 10.5 Å². The van der Waals surface area contributed by atoms with Crippen LogP contribution >= 0.6 is 0 Å². The molecule has 0 aromatic carbocycles. The summed E-state index contributed by atoms with van der Waals surface area (Å²) in [6.45, 7) is 7.07. The van der Waals surface area contributed by atoms with E-state index in [0.29, 0.717) is 5.92 Å². The summed E-state index contributed by atoms with van der Waals surface area (Å²) in [7, 11) is 0. The van der Waals surface area contributed by atoms with E-state index >= 15 is 0 Å². The number of pyridine rings is 1. The molecule has 3 heterocycles. The van der Waals surface area contributed by atoms with Crippen LogP contribution in [0.2, 0.25) is 0 Å². The molecule has 0 spiro atoms. The second-order valence-electron chi connectivity index (χ2n) is 11.5. The quantitative estimate of drug-likeness (QED) is 0.433. The zero-order chi connectivity index (χ0) is 26.6. The molecule has 3 N–H and O–H groups in total. The number of ether oxygens (including phenoxy) is 2. The average molecular weight is 517 g/mol. The molecule has 2 aliphatic heterocycles. The Hall–Kier alpha value is -2.88. The van der Waals surface area contributed by atoms with Crippen molar-refractivity contribution in [3.8, 4) is 0 Å². The van der Waals surface area contributed by atoms with Crippen molar-refractivity contribution in [3.63, 3.8) is 0 Å². The fourth-order valence-electron chi connectivity index (χ4n) is 4.93. The lowest BCUT2D eigenvalue weighted by Gasteiger charge is -2.39. The van der Waals surface area contributed by atoms with Crippen LogP contribution in [0.3, 0.4) is 0 Å². The zero-order valence-electron chi connectivity index (χ0n) is 22.1. The van der Waals surface area contributed by atoms with Crippen LogP contribution in [0.4, 0.5) is 10.6 Å². The van der Waals surface area contributed by atoms with Crippen molar-refractivity contribution in [2.24, 2.45) is 11.8 Å². The summed E-state index contributed by atoms with van der Waals surface area (Å²) in [6, 6.07) is 3.32. The zero-order valence-corrected chi connectivity index (χ0v) is 22.1. The maximum atomic E-state index is 12.5. The Kier molecular flexibility index (Phi) is 8.56. The molecule has 37 heavy (non-hydrogen) atoms. The second-order valence-corrected chi connectivity index (χ2v) is 11.5. The van der Waals surface area contributed by atoms with E-state index in [4.69, 9.17) is 14.5 Å². The minimum absolute atomic E-state index is 0.141. The van der Waals surface area contributed by atoms with Gasteiger partial charge in [0.1, 0.15) is 17.5 Å². The van der Waals surface area contributed by atoms with Crippen LogP contribution in [0.25, 0.3) is 0 Å². The Morgan fingerprint density at radius 1 is 1.24 bits per heavy atom. The number of carboxylic acids is 1. The second kappa shape index (κ2) is 11.7. The first kappa shape index (κ1) is 27.2. The van der Waals surface area contributed by atoms with Gasteiger partial charge in [0.25, 0.3) is 0 Å². The van der Waals surface area contributed by atoms with Crippen molar-refractivity contribution in [2.75, 3.05) is 31.6 Å². The summed E-state index contributed by atoms with van der Waals surface area (Å²) < 4.78 is 11.2. The summed E-state index contributed by atoms with van der Waals surface area (Å²) in [5.41, 5.74) is 1.83. The average Bonchev–Trinajstić information content (AvgIpc) is 2.76. The standard InChI is InChI=1S/C27H40N4O6/c1-27(2,3)37-26(35)31-15-19(16-31)24(32)30-22(25(33)34)10-12-36-21-13-17(14-21)6-8-20-9-7-18-5-4-11-28-23(18)29-20/h7,9,17,19,21-22H,4-6,8,10-16H2,1-3H3,(H,28,29)(H,30,32)(H,33,34). The molecule has 1 saturated carbocycles. The van der Waals surface area contributed by atoms with Gasteiger partial charge in [-0.05, 0) is 76.8 Å². The summed E-state index contributed by atoms with van der Waals surface area (Å²) in [4.78, 5) is 42.3. The number of amides is 2. The molecule has 2 fully saturated rings. The molecule has 4 rings (SSSR count). The highest BCUT2D eigenvalue weighted by Gasteiger charge is 2.39. The molecule has 1 saturated heterocycles. The van der Waals surface area contributed by atoms with Gasteiger partial charge in [-0.3, -0.25) is 4.79 Å². The number of hydrogen-bond donors (Lipinski definition) is 3. The van der Waals surface area contributed by atoms with Crippen molar-refractivity contribution in [2.45, 2.75) is 83.5 Å². The van der Waals surface area contributed by atoms with Gasteiger partial charge >= 0.3 is 12.1 Å². The molecule has 1 atom stereocenters. The SMILES string of the molecule is CC(C)(C)OC(=O)N1CC(C(=O)NC(CCOC2CC(CCc3ccc4c(n3)NCCC4)C2)C(=O)O)C1. The molecular weight excluding hydrogens is 476 g/mol. The van der Waals surface area contributed by atoms with Crippen LogP contribution in [0, 0.1) is 11.8 Å². The van der Waals surface area contributed by atoms with Crippen molar-refractivity contribution >= 4 is 23.8 Å². The van der Waals surface area contributed by atoms with Gasteiger partial charge in [0.2, 0.25) is 5.91 Å². The normalized spacial score (nSPS) is 22.1. The van der Waals surface area contributed by atoms with Crippen molar-refractivity contribution in [1.82, 2.24) is 15.2 Å². The number of carbonyl (C=O) groups is 3. The van der Waals surface area contributed by atoms with Crippen molar-refractivity contribution in [1.29, 1.82) is 0 Å². The molecular formula is C27H40N4O6. The fourth-order valence-corrected chi connectivity index (χ4v) is 4.93. The van der Waals surface area contributed by atoms with Crippen LogP contribution in [-0.4, -0.2) is 76.9 Å². The molecule has 1 aromatic rings. The predicted octanol–water partition coefficient (Wildman–Crippen LogP) is 2.99. The Morgan fingerprint density at radius 2 is 2.00 bits per heavy atom. The Morgan fingerprint density at radius 3 is 2.70 bits per heavy atom. The lowest BCUT2D eigenvalue weighted by molar-refractivity contribution is -0.144. The lowest BCUT2D eigenvalue weighted by atomic mass is 9.79. The van der Waals surface area contributed by atoms with Crippen LogP contribution in [0.15, 0.2) is 12.1 Å². The van der Waals surface area contributed by atoms with Gasteiger partial charge in [0, 0.05) is 38.4 Å². The number of rotatable bonds is 10. The molecule has 2 amide bonds. The minimum Gasteiger partial charge on any atom is -0.480 e. The topological polar surface area (TPSA) is 130 Å². The fraction of sp³-hybridized carbons (Fsp3) is 0.704. The van der Waals surface area contributed by atoms with E-state index in [-0.39, 0.29) is 38.1 Å². The number of anilines is 1. The third-order valence-corrected chi connectivity index (χ3v) is 7.23. The van der Waals surface area contributed by atoms with E-state index in [2.05, 4.69) is 22.8 Å². The number of nitrogens with one attached hydrogen (secondary N) is 2. The number of likely N-dealkylation sites (tertiary alicyclic amines) is 1. The first-order valence-corrected chi connectivity index (χ1v) is 13.4. The van der Waals surface area contributed by atoms with Gasteiger partial charge in [0.15, 0.2) is 0 Å². The highest BCUT2D eigenvalue weighted by Crippen LogP contribution is 2.34. The molecule has 1 aromatic heterocycles. The van der Waals surface area contributed by atoms with Gasteiger partial charge < -0.3 is 30.1 Å². The monoisotopic (exact) mass is 516 g/mol. The first-order chi connectivity index (χ1) is 17.6. The molecule has 204 valence electrons. The van der Waals surface area contributed by atoms with Gasteiger partial charge in [-0.15, -0.1) is 0 Å². The smallest absolute Gasteiger partial charge is 0.410 e. The van der Waals surface area contributed by atoms with E-state index in [1.54, 1.807) is 20.8 Å². The van der Waals surface area contributed by atoms with Crippen LogP contribution in [0.1, 0.15) is 64.1 Å². The number of aliphatic carboxylic acids is 1. The van der Waals surface area contributed by atoms with E-state index in [0.717, 1.165) is 56.6 Å². The number of aromatic nitrogens is 1. The molecule has 3 aliphatic rings. The molecule has 1 unspecified atom stereocenters. The van der Waals surface area contributed by atoms with Crippen LogP contribution in [0.5, 0.6) is 0 Å². The highest BCUT2D eigenvalue weighted by molar-refractivity contribution is 5.87. The van der Waals surface area contributed by atoms with Gasteiger partial charge in [-0.2, -0.15) is 0 Å². The summed E-state index contributed by atoms with van der Waals surface area (Å²) in [6.07, 6.45) is 6.09. The predicted molar refractivity (Wildman–Crippen MR) is 137 cm³/mol. The van der Waals surface area contributed by atoms with Gasteiger partial charge in [-0.1, -0.05) is 6.07 Å². The van der Waals surface area contributed by atoms with E-state index < -0.39 is 29.6 Å². The maximum Gasteiger partial charge on any atom is 0.410 e. The number of nitrogens with zero attached hydrogens (tertiary/aromatic N) is 2. The van der Waals surface area contributed by atoms with Gasteiger partial charge in [-0.25, -0.2) is 14.6 Å². The van der Waals surface area contributed by atoms with Crippen molar-refractivity contribution < 1.29 is 29.0 Å². The number of hydrogen-bond acceptors (Lipinski definition) is 7. The Balaban J connectivity index is 1.10. The summed E-state index contributed by atoms with van der Waals surface area (Å²) in [5, 5.41) is 15.5. The third kappa shape index (κ3) is 7.56. The third-order valence-electron chi connectivity index (χ3n) is 7.23. The summed E-state index contributed by atoms with van der Waals surface area (Å²) >= 11 is 0. The number of carbonyl (C=O) groups excluding carboxylic acids is 2.